The highest BCUT2D eigenvalue weighted by Gasteiger charge is 2.27. The Morgan fingerprint density at radius 3 is 2.44 bits per heavy atom. The second-order valence-electron chi connectivity index (χ2n) is 8.16. The lowest BCUT2D eigenvalue weighted by Gasteiger charge is -2.17. The minimum atomic E-state index is -0.186. The minimum absolute atomic E-state index is 0.0815. The van der Waals surface area contributed by atoms with Gasteiger partial charge in [0.1, 0.15) is 23.0 Å². The highest BCUT2D eigenvalue weighted by Crippen LogP contribution is 2.28. The fourth-order valence-corrected chi connectivity index (χ4v) is 3.84. The van der Waals surface area contributed by atoms with E-state index in [0.717, 1.165) is 48.9 Å². The fourth-order valence-electron chi connectivity index (χ4n) is 3.84. The highest BCUT2D eigenvalue weighted by molar-refractivity contribution is 5.97. The lowest BCUT2D eigenvalue weighted by atomic mass is 10.0. The van der Waals surface area contributed by atoms with Gasteiger partial charge in [-0.25, -0.2) is 0 Å². The standard InChI is InChI=1S/C22H32N2O3/c1-14(2)12-20-18(13-24-10-6-7-11-24)21(17(5)27-20)22(25)23-16(4)19-9-8-15(3)26-19/h8-9,14,16H,6-7,10-13H2,1-5H3,(H,23,25). The molecule has 1 N–H and O–H groups in total. The first-order valence-electron chi connectivity index (χ1n) is 10.1. The maximum Gasteiger partial charge on any atom is 0.255 e. The summed E-state index contributed by atoms with van der Waals surface area (Å²) in [6.07, 6.45) is 3.31. The van der Waals surface area contributed by atoms with Gasteiger partial charge < -0.3 is 14.2 Å². The third kappa shape index (κ3) is 4.64. The van der Waals surface area contributed by atoms with E-state index in [4.69, 9.17) is 8.83 Å². The molecule has 1 fully saturated rings. The van der Waals surface area contributed by atoms with Crippen LogP contribution in [0.5, 0.6) is 0 Å². The summed E-state index contributed by atoms with van der Waals surface area (Å²) in [5, 5.41) is 3.09. The number of hydrogen-bond donors (Lipinski definition) is 1. The van der Waals surface area contributed by atoms with Gasteiger partial charge in [0.15, 0.2) is 0 Å². The van der Waals surface area contributed by atoms with Crippen LogP contribution in [0.3, 0.4) is 0 Å². The molecular formula is C22H32N2O3. The Balaban J connectivity index is 1.85. The van der Waals surface area contributed by atoms with Gasteiger partial charge in [-0.1, -0.05) is 13.8 Å². The molecule has 0 aromatic carbocycles. The summed E-state index contributed by atoms with van der Waals surface area (Å²) in [7, 11) is 0. The molecular weight excluding hydrogens is 340 g/mol. The van der Waals surface area contributed by atoms with Gasteiger partial charge in [0.2, 0.25) is 0 Å². The molecule has 5 heteroatoms. The summed E-state index contributed by atoms with van der Waals surface area (Å²) < 4.78 is 11.7. The average Bonchev–Trinajstić information content (AvgIpc) is 3.29. The van der Waals surface area contributed by atoms with E-state index in [1.165, 1.54) is 12.8 Å². The largest absolute Gasteiger partial charge is 0.465 e. The quantitative estimate of drug-likeness (QED) is 0.760. The van der Waals surface area contributed by atoms with Gasteiger partial charge in [-0.2, -0.15) is 0 Å². The first kappa shape index (κ1) is 19.7. The van der Waals surface area contributed by atoms with Gasteiger partial charge in [0.05, 0.1) is 11.6 Å². The van der Waals surface area contributed by atoms with Crippen molar-refractivity contribution >= 4 is 5.91 Å². The Morgan fingerprint density at radius 2 is 1.85 bits per heavy atom. The van der Waals surface area contributed by atoms with Crippen molar-refractivity contribution < 1.29 is 13.6 Å². The zero-order valence-electron chi connectivity index (χ0n) is 17.2. The molecule has 1 aliphatic rings. The van der Waals surface area contributed by atoms with Crippen LogP contribution in [0, 0.1) is 19.8 Å². The predicted octanol–water partition coefficient (Wildman–Crippen LogP) is 4.77. The van der Waals surface area contributed by atoms with Crippen LogP contribution in [0.25, 0.3) is 0 Å². The lowest BCUT2D eigenvalue weighted by Crippen LogP contribution is -2.29. The first-order valence-corrected chi connectivity index (χ1v) is 10.1. The van der Waals surface area contributed by atoms with Crippen molar-refractivity contribution in [1.82, 2.24) is 10.2 Å². The molecule has 0 radical (unpaired) electrons. The van der Waals surface area contributed by atoms with E-state index in [9.17, 15) is 4.79 Å². The van der Waals surface area contributed by atoms with Crippen LogP contribution >= 0.6 is 0 Å². The van der Waals surface area contributed by atoms with Crippen molar-refractivity contribution in [3.63, 3.8) is 0 Å². The molecule has 2 aromatic heterocycles. The third-order valence-corrected chi connectivity index (χ3v) is 5.20. The number of amides is 1. The molecule has 148 valence electrons. The molecule has 0 spiro atoms. The van der Waals surface area contributed by atoms with Gasteiger partial charge >= 0.3 is 0 Å². The fraction of sp³-hybridized carbons (Fsp3) is 0.591. The van der Waals surface area contributed by atoms with Crippen molar-refractivity contribution in [2.24, 2.45) is 5.92 Å². The van der Waals surface area contributed by atoms with Gasteiger partial charge in [0, 0.05) is 18.5 Å². The Bertz CT molecular complexity index is 782. The number of likely N-dealkylation sites (tertiary alicyclic amines) is 1. The maximum absolute atomic E-state index is 13.1. The van der Waals surface area contributed by atoms with Crippen molar-refractivity contribution in [2.45, 2.75) is 66.5 Å². The monoisotopic (exact) mass is 372 g/mol. The molecule has 1 amide bonds. The van der Waals surface area contributed by atoms with Crippen molar-refractivity contribution in [3.8, 4) is 0 Å². The zero-order valence-corrected chi connectivity index (χ0v) is 17.2. The summed E-state index contributed by atoms with van der Waals surface area (Å²) >= 11 is 0. The van der Waals surface area contributed by atoms with E-state index in [2.05, 4.69) is 24.1 Å². The molecule has 2 aromatic rings. The number of furan rings is 2. The third-order valence-electron chi connectivity index (χ3n) is 5.20. The SMILES string of the molecule is Cc1ccc(C(C)NC(=O)c2c(C)oc(CC(C)C)c2CN2CCCC2)o1. The Hall–Kier alpha value is -2.01. The molecule has 0 saturated carbocycles. The van der Waals surface area contributed by atoms with Crippen LogP contribution < -0.4 is 5.32 Å². The van der Waals surface area contributed by atoms with E-state index in [1.807, 2.05) is 32.9 Å². The normalized spacial score (nSPS) is 16.2. The molecule has 0 aliphatic carbocycles. The van der Waals surface area contributed by atoms with E-state index in [0.29, 0.717) is 17.2 Å². The molecule has 1 atom stereocenters. The van der Waals surface area contributed by atoms with E-state index in [-0.39, 0.29) is 11.9 Å². The molecule has 27 heavy (non-hydrogen) atoms. The second-order valence-corrected chi connectivity index (χ2v) is 8.16. The van der Waals surface area contributed by atoms with Crippen molar-refractivity contribution in [3.05, 3.63) is 46.3 Å². The van der Waals surface area contributed by atoms with Gasteiger partial charge in [-0.3, -0.25) is 9.69 Å². The summed E-state index contributed by atoms with van der Waals surface area (Å²) in [6.45, 7) is 13.1. The van der Waals surface area contributed by atoms with Crippen LogP contribution in [0.4, 0.5) is 0 Å². The average molecular weight is 373 g/mol. The van der Waals surface area contributed by atoms with Crippen LogP contribution in [0.15, 0.2) is 21.0 Å². The summed E-state index contributed by atoms with van der Waals surface area (Å²) in [6, 6.07) is 3.65. The molecule has 0 bridgehead atoms. The Labute approximate surface area is 162 Å². The van der Waals surface area contributed by atoms with Crippen LogP contribution in [0.1, 0.15) is 78.6 Å². The number of nitrogens with one attached hydrogen (secondary N) is 1. The number of aryl methyl sites for hydroxylation is 2. The second kappa shape index (κ2) is 8.34. The van der Waals surface area contributed by atoms with Crippen LogP contribution in [-0.4, -0.2) is 23.9 Å². The zero-order chi connectivity index (χ0) is 19.6. The summed E-state index contributed by atoms with van der Waals surface area (Å²) in [5.74, 6) is 3.68. The smallest absolute Gasteiger partial charge is 0.255 e. The molecule has 5 nitrogen and oxygen atoms in total. The number of nitrogens with zero attached hydrogens (tertiary/aromatic N) is 1. The lowest BCUT2D eigenvalue weighted by molar-refractivity contribution is 0.0932. The van der Waals surface area contributed by atoms with Crippen LogP contribution in [0.2, 0.25) is 0 Å². The van der Waals surface area contributed by atoms with Crippen molar-refractivity contribution in [2.75, 3.05) is 13.1 Å². The highest BCUT2D eigenvalue weighted by atomic mass is 16.3. The predicted molar refractivity (Wildman–Crippen MR) is 106 cm³/mol. The van der Waals surface area contributed by atoms with Gasteiger partial charge in [0.25, 0.3) is 5.91 Å². The maximum atomic E-state index is 13.1. The van der Waals surface area contributed by atoms with Crippen molar-refractivity contribution in [1.29, 1.82) is 0 Å². The van der Waals surface area contributed by atoms with E-state index < -0.39 is 0 Å². The van der Waals surface area contributed by atoms with Crippen LogP contribution in [-0.2, 0) is 13.0 Å². The van der Waals surface area contributed by atoms with Gasteiger partial charge in [-0.15, -0.1) is 0 Å². The van der Waals surface area contributed by atoms with Gasteiger partial charge in [-0.05, 0) is 64.8 Å². The summed E-state index contributed by atoms with van der Waals surface area (Å²) in [5.41, 5.74) is 1.76. The molecule has 1 aliphatic heterocycles. The minimum Gasteiger partial charge on any atom is -0.465 e. The van der Waals surface area contributed by atoms with E-state index >= 15 is 0 Å². The topological polar surface area (TPSA) is 58.6 Å². The Morgan fingerprint density at radius 1 is 1.15 bits per heavy atom. The molecule has 1 saturated heterocycles. The van der Waals surface area contributed by atoms with E-state index in [1.54, 1.807) is 0 Å². The first-order chi connectivity index (χ1) is 12.8. The molecule has 3 rings (SSSR count). The number of carbonyl (C=O) groups is 1. The Kier molecular flexibility index (Phi) is 6.10. The number of rotatable bonds is 7. The molecule has 1 unspecified atom stereocenters. The summed E-state index contributed by atoms with van der Waals surface area (Å²) in [4.78, 5) is 15.5. The molecule has 3 heterocycles. The number of hydrogen-bond acceptors (Lipinski definition) is 4. The number of carbonyl (C=O) groups excluding carboxylic acids is 1.